The fraction of sp³-hybridized carbons (Fsp3) is 0.923. The SMILES string of the molecule is CC1CCCN(S(=O)(=O)NC(CC(=O)O)C(C)(C)C)C1. The Balaban J connectivity index is 2.82. The number of carboxylic acids is 1. The Bertz CT molecular complexity index is 442. The van der Waals surface area contributed by atoms with Crippen molar-refractivity contribution in [3.05, 3.63) is 0 Å². The minimum absolute atomic E-state index is 0.216. The molecule has 6 nitrogen and oxygen atoms in total. The minimum Gasteiger partial charge on any atom is -0.481 e. The quantitative estimate of drug-likeness (QED) is 0.804. The average molecular weight is 306 g/mol. The van der Waals surface area contributed by atoms with Crippen molar-refractivity contribution < 1.29 is 18.3 Å². The molecule has 1 saturated heterocycles. The van der Waals surface area contributed by atoms with Gasteiger partial charge in [0.15, 0.2) is 0 Å². The van der Waals surface area contributed by atoms with Crippen molar-refractivity contribution in [2.45, 2.75) is 53.0 Å². The Morgan fingerprint density at radius 1 is 1.45 bits per heavy atom. The highest BCUT2D eigenvalue weighted by molar-refractivity contribution is 7.87. The second kappa shape index (κ2) is 6.41. The van der Waals surface area contributed by atoms with Gasteiger partial charge >= 0.3 is 5.97 Å². The van der Waals surface area contributed by atoms with E-state index < -0.39 is 27.6 Å². The third kappa shape index (κ3) is 5.03. The smallest absolute Gasteiger partial charge is 0.304 e. The van der Waals surface area contributed by atoms with E-state index in [1.807, 2.05) is 27.7 Å². The molecule has 0 radical (unpaired) electrons. The predicted molar refractivity (Wildman–Crippen MR) is 77.5 cm³/mol. The van der Waals surface area contributed by atoms with E-state index in [9.17, 15) is 13.2 Å². The third-order valence-electron chi connectivity index (χ3n) is 3.67. The van der Waals surface area contributed by atoms with Gasteiger partial charge in [0, 0.05) is 19.1 Å². The Labute approximate surface area is 121 Å². The summed E-state index contributed by atoms with van der Waals surface area (Å²) in [5.74, 6) is -0.660. The molecular weight excluding hydrogens is 280 g/mol. The molecule has 1 fully saturated rings. The lowest BCUT2D eigenvalue weighted by atomic mass is 9.85. The summed E-state index contributed by atoms with van der Waals surface area (Å²) in [6, 6.07) is -0.623. The Morgan fingerprint density at radius 2 is 2.05 bits per heavy atom. The highest BCUT2D eigenvalue weighted by atomic mass is 32.2. The van der Waals surface area contributed by atoms with Crippen molar-refractivity contribution in [3.8, 4) is 0 Å². The van der Waals surface area contributed by atoms with Gasteiger partial charge in [-0.1, -0.05) is 27.7 Å². The summed E-state index contributed by atoms with van der Waals surface area (Å²) in [5.41, 5.74) is -0.452. The predicted octanol–water partition coefficient (Wildman–Crippen LogP) is 1.44. The Kier molecular flexibility index (Phi) is 5.57. The van der Waals surface area contributed by atoms with E-state index in [4.69, 9.17) is 5.11 Å². The van der Waals surface area contributed by atoms with Crippen molar-refractivity contribution in [3.63, 3.8) is 0 Å². The van der Waals surface area contributed by atoms with E-state index in [1.165, 1.54) is 4.31 Å². The topological polar surface area (TPSA) is 86.7 Å². The zero-order chi connectivity index (χ0) is 15.6. The van der Waals surface area contributed by atoms with Crippen LogP contribution in [0.2, 0.25) is 0 Å². The molecule has 2 unspecified atom stereocenters. The maximum atomic E-state index is 12.4. The van der Waals surface area contributed by atoms with E-state index in [-0.39, 0.29) is 6.42 Å². The lowest BCUT2D eigenvalue weighted by Gasteiger charge is -2.35. The first kappa shape index (κ1) is 17.4. The summed E-state index contributed by atoms with van der Waals surface area (Å²) in [6.07, 6.45) is 1.66. The second-order valence-electron chi connectivity index (χ2n) is 6.74. The molecule has 118 valence electrons. The first-order chi connectivity index (χ1) is 9.02. The highest BCUT2D eigenvalue weighted by Gasteiger charge is 2.34. The first-order valence-corrected chi connectivity index (χ1v) is 8.45. The molecule has 0 spiro atoms. The van der Waals surface area contributed by atoms with E-state index in [1.54, 1.807) is 0 Å². The van der Waals surface area contributed by atoms with Crippen LogP contribution < -0.4 is 4.72 Å². The lowest BCUT2D eigenvalue weighted by Crippen LogP contribution is -2.52. The molecule has 0 aromatic carbocycles. The Hall–Kier alpha value is -0.660. The number of piperidine rings is 1. The van der Waals surface area contributed by atoms with Gasteiger partial charge in [0.2, 0.25) is 0 Å². The van der Waals surface area contributed by atoms with Crippen molar-refractivity contribution >= 4 is 16.2 Å². The van der Waals surface area contributed by atoms with Crippen LogP contribution in [0.5, 0.6) is 0 Å². The van der Waals surface area contributed by atoms with Crippen LogP contribution in [0.15, 0.2) is 0 Å². The zero-order valence-corrected chi connectivity index (χ0v) is 13.5. The zero-order valence-electron chi connectivity index (χ0n) is 12.7. The van der Waals surface area contributed by atoms with Crippen LogP contribution in [0.4, 0.5) is 0 Å². The molecule has 0 aliphatic carbocycles. The third-order valence-corrected chi connectivity index (χ3v) is 5.27. The molecule has 20 heavy (non-hydrogen) atoms. The summed E-state index contributed by atoms with van der Waals surface area (Å²) >= 11 is 0. The van der Waals surface area contributed by atoms with Crippen molar-refractivity contribution in [1.82, 2.24) is 9.03 Å². The standard InChI is InChI=1S/C13H26N2O4S/c1-10-6-5-7-15(9-10)20(18,19)14-11(8-12(16)17)13(2,3)4/h10-11,14H,5-9H2,1-4H3,(H,16,17). The summed E-state index contributed by atoms with van der Waals surface area (Å²) in [6.45, 7) is 8.54. The molecule has 2 N–H and O–H groups in total. The maximum Gasteiger partial charge on any atom is 0.304 e. The number of nitrogens with zero attached hydrogens (tertiary/aromatic N) is 1. The molecule has 0 aromatic heterocycles. The maximum absolute atomic E-state index is 12.4. The molecule has 1 aliphatic heterocycles. The van der Waals surface area contributed by atoms with Crippen molar-refractivity contribution in [2.24, 2.45) is 11.3 Å². The molecule has 1 rings (SSSR count). The number of rotatable bonds is 5. The largest absolute Gasteiger partial charge is 0.481 e. The summed E-state index contributed by atoms with van der Waals surface area (Å²) in [4.78, 5) is 10.9. The van der Waals surface area contributed by atoms with Gasteiger partial charge in [-0.2, -0.15) is 17.4 Å². The molecule has 0 aromatic rings. The highest BCUT2D eigenvalue weighted by Crippen LogP contribution is 2.24. The van der Waals surface area contributed by atoms with Crippen LogP contribution >= 0.6 is 0 Å². The minimum atomic E-state index is -3.62. The molecule has 7 heteroatoms. The van der Waals surface area contributed by atoms with Crippen LogP contribution in [0.3, 0.4) is 0 Å². The summed E-state index contributed by atoms with van der Waals surface area (Å²) < 4.78 is 28.8. The van der Waals surface area contributed by atoms with E-state index in [0.717, 1.165) is 12.8 Å². The number of carboxylic acid groups (broad SMARTS) is 1. The van der Waals surface area contributed by atoms with E-state index in [2.05, 4.69) is 4.72 Å². The normalized spacial score (nSPS) is 23.5. The van der Waals surface area contributed by atoms with Gasteiger partial charge in [-0.3, -0.25) is 4.79 Å². The average Bonchev–Trinajstić information content (AvgIpc) is 2.26. The number of carbonyl (C=O) groups is 1. The molecule has 1 aliphatic rings. The van der Waals surface area contributed by atoms with Crippen LogP contribution in [-0.4, -0.2) is 42.9 Å². The summed E-state index contributed by atoms with van der Waals surface area (Å²) in [5, 5.41) is 8.95. The number of hydrogen-bond donors (Lipinski definition) is 2. The van der Waals surface area contributed by atoms with Gasteiger partial charge in [-0.05, 0) is 24.2 Å². The van der Waals surface area contributed by atoms with Crippen LogP contribution in [0.1, 0.15) is 47.0 Å². The van der Waals surface area contributed by atoms with Crippen LogP contribution in [0, 0.1) is 11.3 Å². The molecule has 0 saturated carbocycles. The number of aliphatic carboxylic acids is 1. The van der Waals surface area contributed by atoms with Gasteiger partial charge in [0.25, 0.3) is 10.2 Å². The molecule has 0 bridgehead atoms. The van der Waals surface area contributed by atoms with Gasteiger partial charge < -0.3 is 5.11 Å². The van der Waals surface area contributed by atoms with Gasteiger partial charge in [0.05, 0.1) is 6.42 Å². The van der Waals surface area contributed by atoms with E-state index >= 15 is 0 Å². The molecule has 2 atom stereocenters. The van der Waals surface area contributed by atoms with E-state index in [0.29, 0.717) is 19.0 Å². The number of hydrogen-bond acceptors (Lipinski definition) is 3. The van der Waals surface area contributed by atoms with Crippen molar-refractivity contribution in [2.75, 3.05) is 13.1 Å². The van der Waals surface area contributed by atoms with Gasteiger partial charge in [0.1, 0.15) is 0 Å². The second-order valence-corrected chi connectivity index (χ2v) is 8.45. The lowest BCUT2D eigenvalue weighted by molar-refractivity contribution is -0.138. The summed E-state index contributed by atoms with van der Waals surface area (Å²) in [7, 11) is -3.62. The monoisotopic (exact) mass is 306 g/mol. The van der Waals surface area contributed by atoms with Crippen LogP contribution in [-0.2, 0) is 15.0 Å². The molecule has 1 heterocycles. The Morgan fingerprint density at radius 3 is 2.50 bits per heavy atom. The van der Waals surface area contributed by atoms with Gasteiger partial charge in [-0.15, -0.1) is 0 Å². The molecular formula is C13H26N2O4S. The van der Waals surface area contributed by atoms with Crippen molar-refractivity contribution in [1.29, 1.82) is 0 Å². The molecule has 0 amide bonds. The first-order valence-electron chi connectivity index (χ1n) is 7.01. The fourth-order valence-corrected chi connectivity index (χ4v) is 4.08. The fourth-order valence-electron chi connectivity index (χ4n) is 2.32. The number of nitrogens with one attached hydrogen (secondary N) is 1. The van der Waals surface area contributed by atoms with Gasteiger partial charge in [-0.25, -0.2) is 0 Å². The van der Waals surface area contributed by atoms with Crippen LogP contribution in [0.25, 0.3) is 0 Å².